The van der Waals surface area contributed by atoms with Crippen LogP contribution in [0.4, 0.5) is 0 Å². The van der Waals surface area contributed by atoms with Crippen LogP contribution in [0.25, 0.3) is 0 Å². The largest absolute Gasteiger partial charge is 0.349 e. The summed E-state index contributed by atoms with van der Waals surface area (Å²) >= 11 is 0. The summed E-state index contributed by atoms with van der Waals surface area (Å²) in [6, 6.07) is 29.0. The van der Waals surface area contributed by atoms with Gasteiger partial charge in [0.2, 0.25) is 5.91 Å². The maximum absolute atomic E-state index is 12.9. The molecule has 1 atom stereocenters. The summed E-state index contributed by atoms with van der Waals surface area (Å²) in [6.45, 7) is 4.18. The Kier molecular flexibility index (Phi) is 6.43. The van der Waals surface area contributed by atoms with Crippen LogP contribution in [0, 0.1) is 6.92 Å². The topological polar surface area (TPSA) is 29.1 Å². The van der Waals surface area contributed by atoms with Crippen LogP contribution in [0.5, 0.6) is 0 Å². The van der Waals surface area contributed by atoms with Crippen LogP contribution in [-0.2, 0) is 4.79 Å². The zero-order chi connectivity index (χ0) is 19.1. The maximum atomic E-state index is 12.9. The summed E-state index contributed by atoms with van der Waals surface area (Å²) in [5, 5.41) is 3.23. The summed E-state index contributed by atoms with van der Waals surface area (Å²) in [6.07, 6.45) is 1.31. The van der Waals surface area contributed by atoms with E-state index >= 15 is 0 Å². The van der Waals surface area contributed by atoms with E-state index < -0.39 is 0 Å². The van der Waals surface area contributed by atoms with Gasteiger partial charge in [0.1, 0.15) is 0 Å². The lowest BCUT2D eigenvalue weighted by Crippen LogP contribution is -2.29. The van der Waals surface area contributed by atoms with Gasteiger partial charge in [0.25, 0.3) is 0 Å². The zero-order valence-corrected chi connectivity index (χ0v) is 16.1. The maximum Gasteiger partial charge on any atom is 0.221 e. The molecule has 1 N–H and O–H groups in total. The monoisotopic (exact) mass is 357 g/mol. The first-order chi connectivity index (χ1) is 13.2. The number of hydrogen-bond acceptors (Lipinski definition) is 1. The molecule has 0 aromatic heterocycles. The fourth-order valence-electron chi connectivity index (χ4n) is 3.46. The Morgan fingerprint density at radius 3 is 1.78 bits per heavy atom. The van der Waals surface area contributed by atoms with E-state index in [0.717, 1.165) is 12.0 Å². The summed E-state index contributed by atoms with van der Waals surface area (Å²) in [7, 11) is 0. The summed E-state index contributed by atoms with van der Waals surface area (Å²) in [4.78, 5) is 12.9. The van der Waals surface area contributed by atoms with Gasteiger partial charge >= 0.3 is 0 Å². The quantitative estimate of drug-likeness (QED) is 0.570. The van der Waals surface area contributed by atoms with E-state index in [2.05, 4.69) is 67.7 Å². The summed E-state index contributed by atoms with van der Waals surface area (Å²) in [5.41, 5.74) is 4.73. The van der Waals surface area contributed by atoms with E-state index in [9.17, 15) is 4.79 Å². The predicted molar refractivity (Wildman–Crippen MR) is 112 cm³/mol. The Hall–Kier alpha value is -2.87. The summed E-state index contributed by atoms with van der Waals surface area (Å²) in [5.74, 6) is 0.142. The van der Waals surface area contributed by atoms with Gasteiger partial charge in [-0.25, -0.2) is 0 Å². The van der Waals surface area contributed by atoms with Crippen LogP contribution in [0.2, 0.25) is 0 Å². The van der Waals surface area contributed by atoms with Gasteiger partial charge < -0.3 is 5.32 Å². The molecule has 0 heterocycles. The Bertz CT molecular complexity index is 801. The molecule has 0 spiro atoms. The number of benzene rings is 3. The SMILES string of the molecule is CCC(NC(=O)CC(c1ccccc1)c1ccccc1)c1ccc(C)cc1. The van der Waals surface area contributed by atoms with Crippen LogP contribution < -0.4 is 5.32 Å². The number of aryl methyl sites for hydroxylation is 1. The van der Waals surface area contributed by atoms with Crippen molar-refractivity contribution in [2.45, 2.75) is 38.6 Å². The highest BCUT2D eigenvalue weighted by molar-refractivity contribution is 5.78. The number of carbonyl (C=O) groups is 1. The zero-order valence-electron chi connectivity index (χ0n) is 16.1. The Morgan fingerprint density at radius 2 is 1.30 bits per heavy atom. The van der Waals surface area contributed by atoms with Crippen molar-refractivity contribution in [3.63, 3.8) is 0 Å². The number of rotatable bonds is 7. The molecule has 0 aliphatic heterocycles. The predicted octanol–water partition coefficient (Wildman–Crippen LogP) is 5.78. The molecule has 1 amide bonds. The van der Waals surface area contributed by atoms with Crippen LogP contribution in [0.15, 0.2) is 84.9 Å². The highest BCUT2D eigenvalue weighted by Gasteiger charge is 2.20. The molecule has 0 fully saturated rings. The summed E-state index contributed by atoms with van der Waals surface area (Å²) < 4.78 is 0. The third kappa shape index (κ3) is 5.07. The number of carbonyl (C=O) groups excluding carboxylic acids is 1. The van der Waals surface area contributed by atoms with Crippen LogP contribution in [0.1, 0.15) is 54.0 Å². The van der Waals surface area contributed by atoms with Gasteiger partial charge in [-0.05, 0) is 30.0 Å². The van der Waals surface area contributed by atoms with E-state index in [1.807, 2.05) is 36.4 Å². The molecule has 27 heavy (non-hydrogen) atoms. The highest BCUT2D eigenvalue weighted by atomic mass is 16.1. The van der Waals surface area contributed by atoms with Gasteiger partial charge in [0.15, 0.2) is 0 Å². The van der Waals surface area contributed by atoms with E-state index in [1.54, 1.807) is 0 Å². The van der Waals surface area contributed by atoms with Gasteiger partial charge in [-0.3, -0.25) is 4.79 Å². The third-order valence-corrected chi connectivity index (χ3v) is 5.02. The van der Waals surface area contributed by atoms with Crippen LogP contribution >= 0.6 is 0 Å². The van der Waals surface area contributed by atoms with Crippen molar-refractivity contribution >= 4 is 5.91 Å². The minimum Gasteiger partial charge on any atom is -0.349 e. The van der Waals surface area contributed by atoms with E-state index in [1.165, 1.54) is 16.7 Å². The number of amides is 1. The lowest BCUT2D eigenvalue weighted by atomic mass is 9.88. The average Bonchev–Trinajstić information content (AvgIpc) is 2.72. The van der Waals surface area contributed by atoms with E-state index in [4.69, 9.17) is 0 Å². The molecule has 0 aliphatic carbocycles. The molecule has 3 rings (SSSR count). The van der Waals surface area contributed by atoms with Gasteiger partial charge in [-0.1, -0.05) is 97.4 Å². The van der Waals surface area contributed by atoms with Crippen molar-refractivity contribution in [3.8, 4) is 0 Å². The number of nitrogens with one attached hydrogen (secondary N) is 1. The first kappa shape index (κ1) is 18.9. The highest BCUT2D eigenvalue weighted by Crippen LogP contribution is 2.28. The third-order valence-electron chi connectivity index (χ3n) is 5.02. The van der Waals surface area contributed by atoms with Crippen molar-refractivity contribution in [2.75, 3.05) is 0 Å². The molecule has 0 bridgehead atoms. The van der Waals surface area contributed by atoms with E-state index in [-0.39, 0.29) is 17.9 Å². The standard InChI is InChI=1S/C25H27NO/c1-3-24(22-16-14-19(2)15-17-22)26-25(27)18-23(20-10-6-4-7-11-20)21-12-8-5-9-13-21/h4-17,23-24H,3,18H2,1-2H3,(H,26,27). The van der Waals surface area contributed by atoms with Gasteiger partial charge in [0.05, 0.1) is 6.04 Å². The van der Waals surface area contributed by atoms with Crippen molar-refractivity contribution in [1.29, 1.82) is 0 Å². The molecule has 2 heteroatoms. The Morgan fingerprint density at radius 1 is 0.778 bits per heavy atom. The van der Waals surface area contributed by atoms with Crippen molar-refractivity contribution in [2.24, 2.45) is 0 Å². The minimum atomic E-state index is 0.0466. The van der Waals surface area contributed by atoms with Gasteiger partial charge in [0, 0.05) is 12.3 Å². The molecule has 3 aromatic carbocycles. The first-order valence-corrected chi connectivity index (χ1v) is 9.63. The molecular weight excluding hydrogens is 330 g/mol. The second-order valence-electron chi connectivity index (χ2n) is 7.02. The lowest BCUT2D eigenvalue weighted by molar-refractivity contribution is -0.122. The Balaban J connectivity index is 1.77. The second kappa shape index (κ2) is 9.18. The fourth-order valence-corrected chi connectivity index (χ4v) is 3.46. The smallest absolute Gasteiger partial charge is 0.221 e. The van der Waals surface area contributed by atoms with Crippen LogP contribution in [0.3, 0.4) is 0 Å². The van der Waals surface area contributed by atoms with Crippen molar-refractivity contribution in [3.05, 3.63) is 107 Å². The molecule has 0 aliphatic rings. The fraction of sp³-hybridized carbons (Fsp3) is 0.240. The molecule has 3 aromatic rings. The molecule has 138 valence electrons. The number of hydrogen-bond donors (Lipinski definition) is 1. The van der Waals surface area contributed by atoms with Crippen molar-refractivity contribution in [1.82, 2.24) is 5.32 Å². The molecule has 0 radical (unpaired) electrons. The molecular formula is C25H27NO. The average molecular weight is 357 g/mol. The first-order valence-electron chi connectivity index (χ1n) is 9.63. The van der Waals surface area contributed by atoms with Gasteiger partial charge in [-0.2, -0.15) is 0 Å². The minimum absolute atomic E-state index is 0.0466. The van der Waals surface area contributed by atoms with Gasteiger partial charge in [-0.15, -0.1) is 0 Å². The lowest BCUT2D eigenvalue weighted by Gasteiger charge is -2.21. The van der Waals surface area contributed by atoms with Crippen molar-refractivity contribution < 1.29 is 4.79 Å². The molecule has 1 unspecified atom stereocenters. The normalized spacial score (nSPS) is 12.0. The second-order valence-corrected chi connectivity index (χ2v) is 7.02. The molecule has 0 saturated carbocycles. The Labute approximate surface area is 162 Å². The van der Waals surface area contributed by atoms with Crippen LogP contribution in [-0.4, -0.2) is 5.91 Å². The molecule has 2 nitrogen and oxygen atoms in total. The van der Waals surface area contributed by atoms with E-state index in [0.29, 0.717) is 6.42 Å². The molecule has 0 saturated heterocycles.